The van der Waals surface area contributed by atoms with Crippen LogP contribution in [0.5, 0.6) is 0 Å². The minimum atomic E-state index is 0.0468. The van der Waals surface area contributed by atoms with Gasteiger partial charge in [-0.3, -0.25) is 0 Å². The second kappa shape index (κ2) is 4.88. The molecule has 20 heavy (non-hydrogen) atoms. The van der Waals surface area contributed by atoms with Crippen molar-refractivity contribution in [2.24, 2.45) is 5.16 Å². The van der Waals surface area contributed by atoms with E-state index in [0.717, 1.165) is 16.5 Å². The number of hydrogen-bond donors (Lipinski definition) is 3. The second-order valence-corrected chi connectivity index (χ2v) is 4.10. The summed E-state index contributed by atoms with van der Waals surface area (Å²) in [5.74, 6) is 0.116. The van der Waals surface area contributed by atoms with Crippen molar-refractivity contribution in [3.8, 4) is 0 Å². The monoisotopic (exact) mass is 269 g/mol. The number of benzene rings is 2. The van der Waals surface area contributed by atoms with Crippen LogP contribution in [-0.2, 0) is 0 Å². The summed E-state index contributed by atoms with van der Waals surface area (Å²) in [6.45, 7) is 0. The summed E-state index contributed by atoms with van der Waals surface area (Å²) in [6, 6.07) is 13.6. The highest BCUT2D eigenvalue weighted by molar-refractivity contribution is 6.12. The lowest BCUT2D eigenvalue weighted by Crippen LogP contribution is -2.16. The fraction of sp³-hybridized carbons (Fsp3) is 0. The van der Waals surface area contributed by atoms with E-state index in [1.165, 1.54) is 0 Å². The molecule has 0 amide bonds. The number of fused-ring (bicyclic) bond motifs is 1. The molecular weight excluding hydrogens is 258 g/mol. The van der Waals surface area contributed by atoms with E-state index in [4.69, 9.17) is 10.9 Å². The lowest BCUT2D eigenvalue weighted by molar-refractivity contribution is 0.305. The van der Waals surface area contributed by atoms with Crippen LogP contribution in [0.15, 0.2) is 52.2 Å². The first kappa shape index (κ1) is 12.0. The lowest BCUT2D eigenvalue weighted by Gasteiger charge is -2.09. The van der Waals surface area contributed by atoms with Gasteiger partial charge in [0, 0.05) is 11.1 Å². The number of aromatic nitrogens is 2. The minimum absolute atomic E-state index is 0.0468. The van der Waals surface area contributed by atoms with Gasteiger partial charge >= 0.3 is 0 Å². The second-order valence-electron chi connectivity index (χ2n) is 4.10. The zero-order valence-electron chi connectivity index (χ0n) is 10.3. The highest BCUT2D eigenvalue weighted by Gasteiger charge is 2.15. The molecule has 1 aromatic heterocycles. The van der Waals surface area contributed by atoms with Gasteiger partial charge in [-0.2, -0.15) is 0 Å². The predicted molar refractivity (Wildman–Crippen MR) is 74.6 cm³/mol. The Morgan fingerprint density at radius 2 is 1.95 bits per heavy atom. The van der Waals surface area contributed by atoms with E-state index < -0.39 is 0 Å². The molecule has 0 saturated heterocycles. The third-order valence-electron chi connectivity index (χ3n) is 2.88. The molecule has 0 radical (unpaired) electrons. The number of nitrogens with two attached hydrogens (primary N) is 1. The predicted octanol–water partition coefficient (Wildman–Crippen LogP) is 2.05. The highest BCUT2D eigenvalue weighted by atomic mass is 16.6. The molecule has 100 valence electrons. The van der Waals surface area contributed by atoms with E-state index in [2.05, 4.69) is 25.4 Å². The molecule has 2 aromatic carbocycles. The third kappa shape index (κ3) is 2.01. The van der Waals surface area contributed by atoms with Crippen molar-refractivity contribution in [2.45, 2.75) is 0 Å². The molecule has 0 atom stereocenters. The standard InChI is InChI=1S/C13H11N5O2/c14-12-11(17-20-18-12)13(16-19)15-10-7-3-5-8-4-1-2-6-9(8)10/h1-7,19H,(H2,14,18)(H,15,16). The maximum absolute atomic E-state index is 9.12. The van der Waals surface area contributed by atoms with Crippen LogP contribution in [-0.4, -0.2) is 21.4 Å². The van der Waals surface area contributed by atoms with E-state index in [0.29, 0.717) is 0 Å². The van der Waals surface area contributed by atoms with Crippen LogP contribution in [0.1, 0.15) is 5.69 Å². The van der Waals surface area contributed by atoms with Gasteiger partial charge in [-0.25, -0.2) is 4.63 Å². The SMILES string of the molecule is Nc1nonc1C(=NO)Nc1cccc2ccccc12. The Labute approximate surface area is 113 Å². The van der Waals surface area contributed by atoms with E-state index in [1.807, 2.05) is 42.5 Å². The fourth-order valence-corrected chi connectivity index (χ4v) is 1.95. The topological polar surface area (TPSA) is 110 Å². The van der Waals surface area contributed by atoms with Crippen molar-refractivity contribution in [3.05, 3.63) is 48.2 Å². The highest BCUT2D eigenvalue weighted by Crippen LogP contribution is 2.23. The van der Waals surface area contributed by atoms with Crippen molar-refractivity contribution < 1.29 is 9.84 Å². The van der Waals surface area contributed by atoms with E-state index in [1.54, 1.807) is 0 Å². The van der Waals surface area contributed by atoms with Crippen molar-refractivity contribution >= 4 is 28.1 Å². The maximum Gasteiger partial charge on any atom is 0.203 e. The molecule has 0 fully saturated rings. The Morgan fingerprint density at radius 3 is 2.70 bits per heavy atom. The van der Waals surface area contributed by atoms with Crippen molar-refractivity contribution in [2.75, 3.05) is 11.1 Å². The minimum Gasteiger partial charge on any atom is -0.409 e. The summed E-state index contributed by atoms with van der Waals surface area (Å²) in [5.41, 5.74) is 6.50. The van der Waals surface area contributed by atoms with Gasteiger partial charge in [0.05, 0.1) is 0 Å². The maximum atomic E-state index is 9.12. The molecule has 0 aliphatic carbocycles. The summed E-state index contributed by atoms with van der Waals surface area (Å²) in [6.07, 6.45) is 0. The third-order valence-corrected chi connectivity index (χ3v) is 2.88. The molecule has 3 rings (SSSR count). The van der Waals surface area contributed by atoms with Crippen molar-refractivity contribution in [3.63, 3.8) is 0 Å². The fourth-order valence-electron chi connectivity index (χ4n) is 1.95. The molecule has 3 aromatic rings. The average molecular weight is 269 g/mol. The van der Waals surface area contributed by atoms with E-state index in [-0.39, 0.29) is 17.3 Å². The van der Waals surface area contributed by atoms with Gasteiger partial charge < -0.3 is 16.3 Å². The summed E-state index contributed by atoms with van der Waals surface area (Å²) >= 11 is 0. The molecule has 7 heteroatoms. The smallest absolute Gasteiger partial charge is 0.203 e. The molecule has 0 spiro atoms. The molecule has 0 saturated carbocycles. The number of oxime groups is 1. The molecular formula is C13H11N5O2. The Bertz CT molecular complexity index is 776. The first-order valence-electron chi connectivity index (χ1n) is 5.85. The van der Waals surface area contributed by atoms with Crippen LogP contribution in [0.2, 0.25) is 0 Å². The summed E-state index contributed by atoms with van der Waals surface area (Å²) in [5, 5.41) is 24.3. The first-order chi connectivity index (χ1) is 9.79. The van der Waals surface area contributed by atoms with E-state index >= 15 is 0 Å². The summed E-state index contributed by atoms with van der Waals surface area (Å²) < 4.78 is 4.50. The number of hydrogen-bond acceptors (Lipinski definition) is 6. The largest absolute Gasteiger partial charge is 0.409 e. The number of rotatable bonds is 2. The number of anilines is 2. The van der Waals surface area contributed by atoms with Crippen molar-refractivity contribution in [1.82, 2.24) is 10.3 Å². The van der Waals surface area contributed by atoms with Crippen molar-refractivity contribution in [1.29, 1.82) is 0 Å². The average Bonchev–Trinajstić information content (AvgIpc) is 2.91. The van der Waals surface area contributed by atoms with Crippen LogP contribution in [0, 0.1) is 0 Å². The van der Waals surface area contributed by atoms with Gasteiger partial charge in [0.1, 0.15) is 0 Å². The number of nitrogens with one attached hydrogen (secondary N) is 1. The zero-order valence-corrected chi connectivity index (χ0v) is 10.3. The molecule has 0 bridgehead atoms. The van der Waals surface area contributed by atoms with Gasteiger partial charge in [-0.05, 0) is 21.8 Å². The van der Waals surface area contributed by atoms with Gasteiger partial charge in [0.25, 0.3) is 0 Å². The van der Waals surface area contributed by atoms with Crippen LogP contribution in [0.3, 0.4) is 0 Å². The number of nitrogen functional groups attached to an aromatic ring is 1. The Morgan fingerprint density at radius 1 is 1.15 bits per heavy atom. The lowest BCUT2D eigenvalue weighted by atomic mass is 10.1. The molecule has 0 unspecified atom stereocenters. The van der Waals surface area contributed by atoms with Gasteiger partial charge in [0.2, 0.25) is 5.84 Å². The Kier molecular flexibility index (Phi) is 2.92. The van der Waals surface area contributed by atoms with Crippen LogP contribution >= 0.6 is 0 Å². The zero-order chi connectivity index (χ0) is 13.9. The molecule has 0 aliphatic rings. The number of nitrogens with zero attached hydrogens (tertiary/aromatic N) is 3. The van der Waals surface area contributed by atoms with E-state index in [9.17, 15) is 0 Å². The van der Waals surface area contributed by atoms with Gasteiger partial charge in [-0.15, -0.1) is 0 Å². The molecule has 4 N–H and O–H groups in total. The summed E-state index contributed by atoms with van der Waals surface area (Å²) in [7, 11) is 0. The Hall–Kier alpha value is -3.09. The molecule has 7 nitrogen and oxygen atoms in total. The molecule has 0 aliphatic heterocycles. The van der Waals surface area contributed by atoms with Gasteiger partial charge in [0.15, 0.2) is 11.5 Å². The van der Waals surface area contributed by atoms with Crippen LogP contribution in [0.25, 0.3) is 10.8 Å². The normalized spacial score (nSPS) is 11.7. The first-order valence-corrected chi connectivity index (χ1v) is 5.85. The van der Waals surface area contributed by atoms with Gasteiger partial charge in [-0.1, -0.05) is 41.6 Å². The molecule has 1 heterocycles. The summed E-state index contributed by atoms with van der Waals surface area (Å²) in [4.78, 5) is 0. The van der Waals surface area contributed by atoms with Crippen LogP contribution < -0.4 is 11.1 Å². The van der Waals surface area contributed by atoms with Crippen LogP contribution in [0.4, 0.5) is 11.5 Å². The Balaban J connectivity index is 2.03. The number of amidine groups is 1. The quantitative estimate of drug-likeness (QED) is 0.284.